The molecule has 0 atom stereocenters. The van der Waals surface area contributed by atoms with Crippen LogP contribution in [0.2, 0.25) is 0 Å². The lowest BCUT2D eigenvalue weighted by Crippen LogP contribution is -2.19. The van der Waals surface area contributed by atoms with Gasteiger partial charge in [-0.15, -0.1) is 0 Å². The van der Waals surface area contributed by atoms with Crippen molar-refractivity contribution in [1.82, 2.24) is 0 Å². The molecule has 18 heavy (non-hydrogen) atoms. The fourth-order valence-electron chi connectivity index (χ4n) is 0.890. The Morgan fingerprint density at radius 1 is 1.11 bits per heavy atom. The molecule has 0 bridgehead atoms. The number of hydrogen-bond acceptors (Lipinski definition) is 6. The smallest absolute Gasteiger partial charge is 0.434 e. The van der Waals surface area contributed by atoms with E-state index in [2.05, 4.69) is 0 Å². The van der Waals surface area contributed by atoms with Crippen LogP contribution in [0.1, 0.15) is 40.5 Å². The van der Waals surface area contributed by atoms with Gasteiger partial charge in [0.25, 0.3) is 0 Å². The molecule has 0 aromatic rings. The second kappa shape index (κ2) is 9.56. The standard InChI is InChI=1S/C12H21O6/c1-5-6-7-15-11(13)16-8-10(4)18-12(14)17-9(2)3/h9H,5-8H2,1-4H3. The van der Waals surface area contributed by atoms with Crippen molar-refractivity contribution in [3.05, 3.63) is 6.10 Å². The molecule has 0 aliphatic heterocycles. The van der Waals surface area contributed by atoms with E-state index in [0.29, 0.717) is 6.61 Å². The largest absolute Gasteiger partial charge is 0.509 e. The Morgan fingerprint density at radius 3 is 2.33 bits per heavy atom. The van der Waals surface area contributed by atoms with Crippen molar-refractivity contribution >= 4 is 12.3 Å². The Bertz CT molecular complexity index is 251. The molecule has 0 N–H and O–H groups in total. The van der Waals surface area contributed by atoms with E-state index in [1.165, 1.54) is 6.92 Å². The van der Waals surface area contributed by atoms with Gasteiger partial charge in [-0.3, -0.25) is 0 Å². The minimum absolute atomic E-state index is 0.141. The van der Waals surface area contributed by atoms with E-state index in [1.807, 2.05) is 6.92 Å². The quantitative estimate of drug-likeness (QED) is 0.518. The molecule has 0 saturated heterocycles. The molecule has 0 unspecified atom stereocenters. The highest BCUT2D eigenvalue weighted by atomic mass is 16.8. The molecule has 0 saturated carbocycles. The van der Waals surface area contributed by atoms with Crippen LogP contribution in [0.15, 0.2) is 0 Å². The normalized spacial score (nSPS) is 10.3. The average Bonchev–Trinajstić information content (AvgIpc) is 2.25. The number of carbonyl (C=O) groups is 2. The van der Waals surface area contributed by atoms with Crippen molar-refractivity contribution in [3.8, 4) is 0 Å². The number of unbranched alkanes of at least 4 members (excludes halogenated alkanes) is 1. The van der Waals surface area contributed by atoms with Gasteiger partial charge < -0.3 is 18.9 Å². The minimum Gasteiger partial charge on any atom is -0.434 e. The zero-order valence-electron chi connectivity index (χ0n) is 11.4. The third-order valence-corrected chi connectivity index (χ3v) is 1.70. The molecule has 0 amide bonds. The van der Waals surface area contributed by atoms with Crippen molar-refractivity contribution < 1.29 is 28.5 Å². The first-order valence-corrected chi connectivity index (χ1v) is 5.96. The summed E-state index contributed by atoms with van der Waals surface area (Å²) in [6.07, 6.45) is 0.102. The number of carbonyl (C=O) groups excluding carboxylic acids is 2. The molecule has 0 aromatic carbocycles. The first kappa shape index (κ1) is 16.5. The number of hydrogen-bond donors (Lipinski definition) is 0. The van der Waals surface area contributed by atoms with Gasteiger partial charge in [-0.1, -0.05) is 13.3 Å². The van der Waals surface area contributed by atoms with Gasteiger partial charge in [-0.05, 0) is 27.2 Å². The molecule has 0 heterocycles. The van der Waals surface area contributed by atoms with Gasteiger partial charge in [0, 0.05) is 0 Å². The third-order valence-electron chi connectivity index (χ3n) is 1.70. The summed E-state index contributed by atoms with van der Waals surface area (Å²) in [4.78, 5) is 22.1. The van der Waals surface area contributed by atoms with Gasteiger partial charge in [0.05, 0.1) is 12.7 Å². The van der Waals surface area contributed by atoms with Crippen LogP contribution in [0, 0.1) is 6.10 Å². The maximum atomic E-state index is 11.1. The lowest BCUT2D eigenvalue weighted by molar-refractivity contribution is 0.0128. The first-order chi connectivity index (χ1) is 8.45. The molecule has 0 rings (SSSR count). The fraction of sp³-hybridized carbons (Fsp3) is 0.750. The minimum atomic E-state index is -0.814. The monoisotopic (exact) mass is 261 g/mol. The van der Waals surface area contributed by atoms with Crippen molar-refractivity contribution in [2.75, 3.05) is 13.2 Å². The third kappa shape index (κ3) is 9.74. The Balaban J connectivity index is 3.66. The Hall–Kier alpha value is -1.46. The van der Waals surface area contributed by atoms with Crippen molar-refractivity contribution in [2.24, 2.45) is 0 Å². The highest BCUT2D eigenvalue weighted by molar-refractivity contribution is 5.61. The predicted molar refractivity (Wildman–Crippen MR) is 63.8 cm³/mol. The van der Waals surface area contributed by atoms with E-state index >= 15 is 0 Å². The lowest BCUT2D eigenvalue weighted by Gasteiger charge is -2.13. The maximum Gasteiger partial charge on any atom is 0.509 e. The molecule has 0 aromatic heterocycles. The van der Waals surface area contributed by atoms with Crippen LogP contribution in [0.4, 0.5) is 9.59 Å². The van der Waals surface area contributed by atoms with Gasteiger partial charge in [0.2, 0.25) is 0 Å². The summed E-state index contributed by atoms with van der Waals surface area (Å²) >= 11 is 0. The fourth-order valence-corrected chi connectivity index (χ4v) is 0.890. The zero-order valence-corrected chi connectivity index (χ0v) is 11.4. The Morgan fingerprint density at radius 2 is 1.78 bits per heavy atom. The second-order valence-electron chi connectivity index (χ2n) is 3.96. The van der Waals surface area contributed by atoms with Gasteiger partial charge in [-0.25, -0.2) is 9.59 Å². The van der Waals surface area contributed by atoms with Crippen LogP contribution in [0.5, 0.6) is 0 Å². The molecule has 0 aliphatic carbocycles. The summed E-state index contributed by atoms with van der Waals surface area (Å²) in [5.41, 5.74) is 0. The molecular formula is C12H21O6. The Labute approximate surface area is 108 Å². The van der Waals surface area contributed by atoms with E-state index in [1.54, 1.807) is 13.8 Å². The van der Waals surface area contributed by atoms with Crippen LogP contribution < -0.4 is 0 Å². The number of rotatable bonds is 7. The SMILES string of the molecule is CCCCOC(=O)OC[C](C)OC(=O)OC(C)C. The van der Waals surface area contributed by atoms with Crippen molar-refractivity contribution in [2.45, 2.75) is 46.6 Å². The molecule has 0 aliphatic rings. The van der Waals surface area contributed by atoms with Crippen molar-refractivity contribution in [3.63, 3.8) is 0 Å². The molecule has 1 radical (unpaired) electrons. The molecule has 0 fully saturated rings. The van der Waals surface area contributed by atoms with E-state index in [9.17, 15) is 9.59 Å². The Kier molecular flexibility index (Phi) is 8.78. The summed E-state index contributed by atoms with van der Waals surface area (Å²) in [6.45, 7) is 7.10. The summed E-state index contributed by atoms with van der Waals surface area (Å²) in [6, 6.07) is 0. The van der Waals surface area contributed by atoms with Crippen LogP contribution >= 0.6 is 0 Å². The maximum absolute atomic E-state index is 11.1. The summed E-state index contributed by atoms with van der Waals surface area (Å²) < 4.78 is 19.0. The molecule has 6 nitrogen and oxygen atoms in total. The molecule has 6 heteroatoms. The van der Waals surface area contributed by atoms with Gasteiger partial charge >= 0.3 is 12.3 Å². The average molecular weight is 261 g/mol. The van der Waals surface area contributed by atoms with Crippen molar-refractivity contribution in [1.29, 1.82) is 0 Å². The first-order valence-electron chi connectivity index (χ1n) is 5.96. The lowest BCUT2D eigenvalue weighted by atomic mass is 10.4. The summed E-state index contributed by atoms with van der Waals surface area (Å²) in [5.74, 6) is 0. The summed E-state index contributed by atoms with van der Waals surface area (Å²) in [5, 5.41) is 0. The van der Waals surface area contributed by atoms with E-state index < -0.39 is 12.3 Å². The molecular weight excluding hydrogens is 240 g/mol. The molecule has 105 valence electrons. The van der Waals surface area contributed by atoms with E-state index in [-0.39, 0.29) is 18.8 Å². The van der Waals surface area contributed by atoms with Gasteiger partial charge in [0.1, 0.15) is 6.61 Å². The second-order valence-corrected chi connectivity index (χ2v) is 3.96. The highest BCUT2D eigenvalue weighted by Gasteiger charge is 2.15. The summed E-state index contributed by atoms with van der Waals surface area (Å²) in [7, 11) is 0. The van der Waals surface area contributed by atoms with Gasteiger partial charge in [0.15, 0.2) is 6.10 Å². The van der Waals surface area contributed by atoms with E-state index in [4.69, 9.17) is 18.9 Å². The predicted octanol–water partition coefficient (Wildman–Crippen LogP) is 3.05. The van der Waals surface area contributed by atoms with Crippen LogP contribution in [-0.4, -0.2) is 31.6 Å². The number of ether oxygens (including phenoxy) is 4. The zero-order chi connectivity index (χ0) is 14.0. The van der Waals surface area contributed by atoms with Gasteiger partial charge in [-0.2, -0.15) is 0 Å². The van der Waals surface area contributed by atoms with E-state index in [0.717, 1.165) is 12.8 Å². The van der Waals surface area contributed by atoms with Crippen LogP contribution in [-0.2, 0) is 18.9 Å². The topological polar surface area (TPSA) is 71.1 Å². The van der Waals surface area contributed by atoms with Crippen LogP contribution in [0.25, 0.3) is 0 Å². The molecule has 0 spiro atoms. The highest BCUT2D eigenvalue weighted by Crippen LogP contribution is 2.06. The van der Waals surface area contributed by atoms with Crippen LogP contribution in [0.3, 0.4) is 0 Å².